The summed E-state index contributed by atoms with van der Waals surface area (Å²) in [4.78, 5) is 38.1. The maximum absolute atomic E-state index is 13.1. The van der Waals surface area contributed by atoms with Crippen molar-refractivity contribution in [2.75, 3.05) is 0 Å². The third-order valence-corrected chi connectivity index (χ3v) is 9.29. The molecule has 246 valence electrons. The first kappa shape index (κ1) is 35.2. The summed E-state index contributed by atoms with van der Waals surface area (Å²) < 4.78 is 12.6. The number of benzene rings is 4. The zero-order valence-corrected chi connectivity index (χ0v) is 30.3. The number of phenolic OH excluding ortho intramolecular Hbond substituents is 2. The van der Waals surface area contributed by atoms with Crippen LogP contribution in [0.2, 0.25) is 10.0 Å². The number of phenols is 2. The molecule has 6 aromatic rings. The predicted octanol–water partition coefficient (Wildman–Crippen LogP) is 10.7. The first-order valence-corrected chi connectivity index (χ1v) is 16.9. The molecule has 0 radical (unpaired) electrons. The van der Waals surface area contributed by atoms with Crippen LogP contribution in [0.15, 0.2) is 91.2 Å². The minimum absolute atomic E-state index is 0.0240. The van der Waals surface area contributed by atoms with Gasteiger partial charge in [-0.1, -0.05) is 75.2 Å². The van der Waals surface area contributed by atoms with Gasteiger partial charge in [0.15, 0.2) is 16.9 Å². The van der Waals surface area contributed by atoms with E-state index in [2.05, 4.69) is 0 Å². The molecule has 0 fully saturated rings. The minimum atomic E-state index is -0.361. The quantitative estimate of drug-likeness (QED) is 0.132. The van der Waals surface area contributed by atoms with Crippen molar-refractivity contribution in [2.24, 2.45) is 0 Å². The van der Waals surface area contributed by atoms with Crippen molar-refractivity contribution in [1.82, 2.24) is 0 Å². The average molecular weight is 797 g/mol. The van der Waals surface area contributed by atoms with E-state index in [1.165, 1.54) is 25.1 Å². The van der Waals surface area contributed by atoms with Crippen LogP contribution in [0.4, 0.5) is 0 Å². The SMILES string of the molecule is CC(=O)c1c(O)ccc2c(=O)c(-c3ccc(Cl)cc3)c(C(C)C)oc12.CC(C)c1oc2c(I)c(O)ccc2c(=O)c1-c1ccc(Cl)cc1. The monoisotopic (exact) mass is 796 g/mol. The van der Waals surface area contributed by atoms with Crippen LogP contribution in [0.3, 0.4) is 0 Å². The number of aromatic hydroxyl groups is 2. The summed E-state index contributed by atoms with van der Waals surface area (Å²) in [6, 6.07) is 20.0. The number of carbonyl (C=O) groups excluding carboxylic acids is 1. The highest BCUT2D eigenvalue weighted by molar-refractivity contribution is 14.1. The van der Waals surface area contributed by atoms with Crippen LogP contribution in [0.5, 0.6) is 11.5 Å². The summed E-state index contributed by atoms with van der Waals surface area (Å²) in [5.41, 5.74) is 2.70. The summed E-state index contributed by atoms with van der Waals surface area (Å²) in [5, 5.41) is 21.8. The molecule has 0 saturated heterocycles. The Kier molecular flexibility index (Phi) is 10.4. The highest BCUT2D eigenvalue weighted by Crippen LogP contribution is 2.36. The Hall–Kier alpha value is -4.12. The molecule has 0 unspecified atom stereocenters. The first-order chi connectivity index (χ1) is 22.7. The highest BCUT2D eigenvalue weighted by atomic mass is 127. The van der Waals surface area contributed by atoms with Gasteiger partial charge in [-0.25, -0.2) is 0 Å². The molecule has 0 aliphatic heterocycles. The molecular weight excluding hydrogens is 766 g/mol. The Balaban J connectivity index is 0.000000188. The standard InChI is InChI=1S/C20H17ClO4.C18H14ClIO3/c1-10(2)19-17(12-4-6-13(21)7-5-12)18(24)14-8-9-15(23)16(11(3)22)20(14)25-19;1-9(2)17-14(10-3-5-11(19)6-4-10)16(22)12-7-8-13(21)15(20)18(12)23-17/h4-10,23H,1-3H3;3-9,21H,1-2H3. The molecule has 2 N–H and O–H groups in total. The highest BCUT2D eigenvalue weighted by Gasteiger charge is 2.23. The fraction of sp³-hybridized carbons (Fsp3) is 0.184. The van der Waals surface area contributed by atoms with Crippen LogP contribution >= 0.6 is 45.8 Å². The summed E-state index contributed by atoms with van der Waals surface area (Å²) in [6.45, 7) is 9.08. The topological polar surface area (TPSA) is 118 Å². The molecule has 10 heteroatoms. The Morgan fingerprint density at radius 1 is 0.646 bits per heavy atom. The van der Waals surface area contributed by atoms with Gasteiger partial charge in [-0.05, 0) is 89.2 Å². The lowest BCUT2D eigenvalue weighted by molar-refractivity contribution is 0.101. The van der Waals surface area contributed by atoms with Gasteiger partial charge in [-0.15, -0.1) is 0 Å². The summed E-state index contributed by atoms with van der Waals surface area (Å²) in [7, 11) is 0. The zero-order chi connectivity index (χ0) is 35.0. The van der Waals surface area contributed by atoms with Crippen LogP contribution in [-0.2, 0) is 0 Å². The van der Waals surface area contributed by atoms with E-state index in [1.807, 2.05) is 62.4 Å². The Labute approximate surface area is 299 Å². The van der Waals surface area contributed by atoms with E-state index in [0.29, 0.717) is 52.8 Å². The van der Waals surface area contributed by atoms with Gasteiger partial charge in [-0.2, -0.15) is 0 Å². The lowest BCUT2D eigenvalue weighted by Crippen LogP contribution is -2.11. The molecule has 0 aliphatic rings. The van der Waals surface area contributed by atoms with Gasteiger partial charge in [0.25, 0.3) is 0 Å². The fourth-order valence-corrected chi connectivity index (χ4v) is 6.26. The van der Waals surface area contributed by atoms with Gasteiger partial charge in [0.1, 0.15) is 28.6 Å². The van der Waals surface area contributed by atoms with E-state index in [-0.39, 0.29) is 56.5 Å². The van der Waals surface area contributed by atoms with E-state index in [4.69, 9.17) is 32.0 Å². The third-order valence-electron chi connectivity index (χ3n) is 7.74. The molecule has 2 heterocycles. The normalized spacial score (nSPS) is 11.3. The number of Topliss-reactive ketones (excluding diaryl/α,β-unsaturated/α-hetero) is 1. The summed E-state index contributed by atoms with van der Waals surface area (Å²) >= 11 is 13.9. The third kappa shape index (κ3) is 6.74. The molecule has 0 saturated carbocycles. The summed E-state index contributed by atoms with van der Waals surface area (Å²) in [5.74, 6) is 0.551. The Bertz CT molecular complexity index is 2300. The largest absolute Gasteiger partial charge is 0.507 e. The number of halogens is 3. The number of hydrogen-bond donors (Lipinski definition) is 2. The molecule has 48 heavy (non-hydrogen) atoms. The molecule has 7 nitrogen and oxygen atoms in total. The Morgan fingerprint density at radius 2 is 1.04 bits per heavy atom. The average Bonchev–Trinajstić information content (AvgIpc) is 3.03. The van der Waals surface area contributed by atoms with Gasteiger partial charge >= 0.3 is 0 Å². The van der Waals surface area contributed by atoms with Crippen LogP contribution in [0.25, 0.3) is 44.2 Å². The first-order valence-electron chi connectivity index (χ1n) is 15.0. The fourth-order valence-electron chi connectivity index (χ4n) is 5.43. The lowest BCUT2D eigenvalue weighted by Gasteiger charge is -2.14. The van der Waals surface area contributed by atoms with Crippen LogP contribution in [0, 0.1) is 3.57 Å². The van der Waals surface area contributed by atoms with Crippen LogP contribution < -0.4 is 10.9 Å². The molecular formula is C38H31Cl2IO7. The minimum Gasteiger partial charge on any atom is -0.507 e. The van der Waals surface area contributed by atoms with Crippen molar-refractivity contribution < 1.29 is 23.8 Å². The zero-order valence-electron chi connectivity index (χ0n) is 26.7. The van der Waals surface area contributed by atoms with E-state index in [0.717, 1.165) is 5.56 Å². The Morgan fingerprint density at radius 3 is 1.46 bits per heavy atom. The molecule has 0 atom stereocenters. The molecule has 4 aromatic carbocycles. The second-order valence-corrected chi connectivity index (χ2v) is 13.8. The molecule has 0 amide bonds. The second kappa shape index (κ2) is 14.2. The number of rotatable bonds is 5. The number of hydrogen-bond acceptors (Lipinski definition) is 7. The van der Waals surface area contributed by atoms with Crippen LogP contribution in [0.1, 0.15) is 68.3 Å². The van der Waals surface area contributed by atoms with Crippen molar-refractivity contribution in [3.63, 3.8) is 0 Å². The van der Waals surface area contributed by atoms with Gasteiger partial charge < -0.3 is 19.0 Å². The van der Waals surface area contributed by atoms with Crippen molar-refractivity contribution in [2.45, 2.75) is 46.5 Å². The maximum Gasteiger partial charge on any atom is 0.200 e. The lowest BCUT2D eigenvalue weighted by atomic mass is 9.95. The van der Waals surface area contributed by atoms with E-state index in [1.54, 1.807) is 42.5 Å². The van der Waals surface area contributed by atoms with Crippen molar-refractivity contribution in [1.29, 1.82) is 0 Å². The molecule has 0 aliphatic carbocycles. The van der Waals surface area contributed by atoms with Crippen molar-refractivity contribution >= 4 is 73.5 Å². The predicted molar refractivity (Wildman–Crippen MR) is 200 cm³/mol. The molecule has 0 bridgehead atoms. The molecule has 2 aromatic heterocycles. The van der Waals surface area contributed by atoms with Gasteiger partial charge in [-0.3, -0.25) is 14.4 Å². The molecule has 0 spiro atoms. The maximum atomic E-state index is 13.1. The number of carbonyl (C=O) groups is 1. The van der Waals surface area contributed by atoms with Gasteiger partial charge in [0, 0.05) is 21.9 Å². The van der Waals surface area contributed by atoms with E-state index < -0.39 is 0 Å². The van der Waals surface area contributed by atoms with Crippen molar-refractivity contribution in [3.05, 3.63) is 124 Å². The number of ketones is 1. The summed E-state index contributed by atoms with van der Waals surface area (Å²) in [6.07, 6.45) is 0. The second-order valence-electron chi connectivity index (χ2n) is 11.8. The van der Waals surface area contributed by atoms with Crippen LogP contribution in [-0.4, -0.2) is 16.0 Å². The molecule has 6 rings (SSSR count). The van der Waals surface area contributed by atoms with E-state index in [9.17, 15) is 24.6 Å². The van der Waals surface area contributed by atoms with Gasteiger partial charge in [0.05, 0.1) is 25.5 Å². The number of fused-ring (bicyclic) bond motifs is 2. The smallest absolute Gasteiger partial charge is 0.200 e. The van der Waals surface area contributed by atoms with Gasteiger partial charge in [0.2, 0.25) is 10.9 Å². The van der Waals surface area contributed by atoms with E-state index >= 15 is 0 Å². The van der Waals surface area contributed by atoms with Crippen molar-refractivity contribution in [3.8, 4) is 33.8 Å².